The highest BCUT2D eigenvalue weighted by atomic mass is 35.5. The summed E-state index contributed by atoms with van der Waals surface area (Å²) in [4.78, 5) is 37.0. The molecule has 0 atom stereocenters. The molecular weight excluding hydrogens is 412 g/mol. The van der Waals surface area contributed by atoms with Crippen LogP contribution in [0.3, 0.4) is 0 Å². The number of carbonyl (C=O) groups is 2. The Morgan fingerprint density at radius 2 is 1.66 bits per heavy atom. The van der Waals surface area contributed by atoms with Crippen LogP contribution < -0.4 is 5.32 Å². The van der Waals surface area contributed by atoms with E-state index in [1.807, 2.05) is 0 Å². The van der Waals surface area contributed by atoms with Gasteiger partial charge < -0.3 is 5.32 Å². The highest BCUT2D eigenvalue weighted by Gasteiger charge is 2.22. The van der Waals surface area contributed by atoms with Gasteiger partial charge in [0.05, 0.1) is 15.4 Å². The van der Waals surface area contributed by atoms with Crippen LogP contribution in [-0.2, 0) is 0 Å². The summed E-state index contributed by atoms with van der Waals surface area (Å²) in [5.74, 6) is -0.936. The Kier molecular flexibility index (Phi) is 6.31. The molecule has 0 aromatic heterocycles. The van der Waals surface area contributed by atoms with E-state index in [0.717, 1.165) is 0 Å². The van der Waals surface area contributed by atoms with E-state index in [0.29, 0.717) is 15.6 Å². The van der Waals surface area contributed by atoms with Crippen molar-refractivity contribution in [3.8, 4) is 0 Å². The fraction of sp³-hybridized carbons (Fsp3) is 0.0476. The first kappa shape index (κ1) is 20.6. The minimum Gasteiger partial charge on any atom is -0.322 e. The molecule has 0 unspecified atom stereocenters. The molecule has 0 fully saturated rings. The monoisotopic (exact) mass is 426 g/mol. The van der Waals surface area contributed by atoms with Crippen LogP contribution in [0.5, 0.6) is 0 Å². The molecule has 0 heterocycles. The van der Waals surface area contributed by atoms with Crippen LogP contribution in [0.1, 0.15) is 26.3 Å². The highest BCUT2D eigenvalue weighted by molar-refractivity contribution is 7.98. The van der Waals surface area contributed by atoms with Gasteiger partial charge in [0.15, 0.2) is 5.78 Å². The van der Waals surface area contributed by atoms with Crippen LogP contribution in [0.2, 0.25) is 5.02 Å². The average Bonchev–Trinajstić information content (AvgIpc) is 2.74. The normalized spacial score (nSPS) is 10.4. The number of ketones is 1. The second-order valence-corrected chi connectivity index (χ2v) is 7.26. The molecule has 29 heavy (non-hydrogen) atoms. The summed E-state index contributed by atoms with van der Waals surface area (Å²) in [7, 11) is 0. The molecule has 0 spiro atoms. The Hall–Kier alpha value is -3.16. The van der Waals surface area contributed by atoms with E-state index in [1.54, 1.807) is 42.7 Å². The first-order chi connectivity index (χ1) is 13.9. The predicted molar refractivity (Wildman–Crippen MR) is 114 cm³/mol. The first-order valence-corrected chi connectivity index (χ1v) is 10.0. The van der Waals surface area contributed by atoms with Gasteiger partial charge in [-0.2, -0.15) is 0 Å². The summed E-state index contributed by atoms with van der Waals surface area (Å²) in [5, 5.41) is 14.6. The zero-order valence-corrected chi connectivity index (χ0v) is 16.8. The van der Waals surface area contributed by atoms with Crippen molar-refractivity contribution in [3.63, 3.8) is 0 Å². The largest absolute Gasteiger partial charge is 0.322 e. The van der Waals surface area contributed by atoms with Crippen LogP contribution in [0, 0.1) is 10.1 Å². The number of anilines is 1. The Morgan fingerprint density at radius 1 is 1.00 bits per heavy atom. The van der Waals surface area contributed by atoms with Crippen molar-refractivity contribution in [2.45, 2.75) is 4.90 Å². The number of nitrogens with zero attached hydrogens (tertiary/aromatic N) is 1. The number of nitrogens with one attached hydrogen (secondary N) is 1. The number of rotatable bonds is 6. The van der Waals surface area contributed by atoms with Gasteiger partial charge in [0.25, 0.3) is 11.6 Å². The van der Waals surface area contributed by atoms with Gasteiger partial charge in [-0.3, -0.25) is 19.7 Å². The third-order valence-corrected chi connectivity index (χ3v) is 5.19. The molecule has 0 aliphatic carbocycles. The van der Waals surface area contributed by atoms with E-state index in [9.17, 15) is 19.7 Å². The van der Waals surface area contributed by atoms with Gasteiger partial charge in [-0.1, -0.05) is 29.8 Å². The smallest absolute Gasteiger partial charge is 0.283 e. The van der Waals surface area contributed by atoms with Crippen LogP contribution in [0.4, 0.5) is 11.4 Å². The minimum atomic E-state index is -0.526. The number of amides is 1. The lowest BCUT2D eigenvalue weighted by Gasteiger charge is -2.10. The molecule has 3 rings (SSSR count). The molecule has 8 heteroatoms. The van der Waals surface area contributed by atoms with Gasteiger partial charge in [-0.25, -0.2) is 0 Å². The van der Waals surface area contributed by atoms with E-state index in [-0.39, 0.29) is 22.4 Å². The first-order valence-electron chi connectivity index (χ1n) is 8.44. The molecule has 0 bridgehead atoms. The van der Waals surface area contributed by atoms with Crippen molar-refractivity contribution in [3.05, 3.63) is 98.6 Å². The molecule has 3 aromatic rings. The quantitative estimate of drug-likeness (QED) is 0.245. The lowest BCUT2D eigenvalue weighted by Crippen LogP contribution is -2.17. The highest BCUT2D eigenvalue weighted by Crippen LogP contribution is 2.29. The SMILES string of the molecule is CSc1ccc(C(=O)c2ccccc2C(=O)Nc2ccc(Cl)cc2)cc1[N+](=O)[O-]. The lowest BCUT2D eigenvalue weighted by molar-refractivity contribution is -0.387. The van der Waals surface area contributed by atoms with Crippen LogP contribution in [-0.4, -0.2) is 22.9 Å². The molecule has 1 amide bonds. The third kappa shape index (κ3) is 4.64. The maximum Gasteiger partial charge on any atom is 0.283 e. The van der Waals surface area contributed by atoms with E-state index in [1.165, 1.54) is 42.1 Å². The number of benzene rings is 3. The Morgan fingerprint density at radius 3 is 2.28 bits per heavy atom. The number of carbonyl (C=O) groups excluding carboxylic acids is 2. The second-order valence-electron chi connectivity index (χ2n) is 5.98. The summed E-state index contributed by atoms with van der Waals surface area (Å²) in [6, 6.07) is 17.2. The summed E-state index contributed by atoms with van der Waals surface area (Å²) in [5.41, 5.74) is 0.850. The Balaban J connectivity index is 1.95. The van der Waals surface area contributed by atoms with E-state index in [4.69, 9.17) is 11.6 Å². The van der Waals surface area contributed by atoms with Gasteiger partial charge in [0, 0.05) is 27.9 Å². The zero-order valence-electron chi connectivity index (χ0n) is 15.2. The number of nitro benzene ring substituents is 1. The van der Waals surface area contributed by atoms with Gasteiger partial charge >= 0.3 is 0 Å². The maximum atomic E-state index is 13.0. The van der Waals surface area contributed by atoms with Crippen molar-refractivity contribution in [2.75, 3.05) is 11.6 Å². The fourth-order valence-corrected chi connectivity index (χ4v) is 3.41. The van der Waals surface area contributed by atoms with Gasteiger partial charge in [-0.15, -0.1) is 11.8 Å². The van der Waals surface area contributed by atoms with Crippen LogP contribution in [0.25, 0.3) is 0 Å². The van der Waals surface area contributed by atoms with Gasteiger partial charge in [0.2, 0.25) is 0 Å². The second kappa shape index (κ2) is 8.89. The predicted octanol–water partition coefficient (Wildman–Crippen LogP) is 5.45. The number of hydrogen-bond acceptors (Lipinski definition) is 5. The van der Waals surface area contributed by atoms with Crippen molar-refractivity contribution in [1.29, 1.82) is 0 Å². The standard InChI is InChI=1S/C21H15ClN2O4S/c1-29-19-11-6-13(12-18(19)24(27)28)20(25)16-4-2-3-5-17(16)21(26)23-15-9-7-14(22)8-10-15/h2-12H,1H3,(H,23,26). The molecule has 146 valence electrons. The zero-order chi connectivity index (χ0) is 21.0. The molecular formula is C21H15ClN2O4S. The third-order valence-electron chi connectivity index (χ3n) is 4.16. The van der Waals surface area contributed by atoms with E-state index < -0.39 is 16.6 Å². The van der Waals surface area contributed by atoms with E-state index >= 15 is 0 Å². The summed E-state index contributed by atoms with van der Waals surface area (Å²) in [6.07, 6.45) is 1.72. The Labute approximate surface area is 176 Å². The van der Waals surface area contributed by atoms with E-state index in [2.05, 4.69) is 5.32 Å². The summed E-state index contributed by atoms with van der Waals surface area (Å²) in [6.45, 7) is 0. The molecule has 1 N–H and O–H groups in total. The number of hydrogen-bond donors (Lipinski definition) is 1. The van der Waals surface area contributed by atoms with Gasteiger partial charge in [-0.05, 0) is 48.7 Å². The topological polar surface area (TPSA) is 89.3 Å². The van der Waals surface area contributed by atoms with Crippen molar-refractivity contribution in [1.82, 2.24) is 0 Å². The average molecular weight is 427 g/mol. The summed E-state index contributed by atoms with van der Waals surface area (Å²) < 4.78 is 0. The van der Waals surface area contributed by atoms with Crippen LogP contribution >= 0.6 is 23.4 Å². The molecule has 0 radical (unpaired) electrons. The minimum absolute atomic E-state index is 0.140. The number of halogens is 1. The maximum absolute atomic E-state index is 13.0. The molecule has 3 aromatic carbocycles. The van der Waals surface area contributed by atoms with Crippen LogP contribution in [0.15, 0.2) is 71.6 Å². The summed E-state index contributed by atoms with van der Waals surface area (Å²) >= 11 is 7.07. The number of thioether (sulfide) groups is 1. The number of nitro groups is 1. The van der Waals surface area contributed by atoms with Crippen molar-refractivity contribution in [2.24, 2.45) is 0 Å². The van der Waals surface area contributed by atoms with Crippen molar-refractivity contribution >= 4 is 46.4 Å². The van der Waals surface area contributed by atoms with Crippen molar-refractivity contribution < 1.29 is 14.5 Å². The Bertz CT molecular complexity index is 1100. The fourth-order valence-electron chi connectivity index (χ4n) is 2.74. The molecule has 0 saturated carbocycles. The van der Waals surface area contributed by atoms with Gasteiger partial charge in [0.1, 0.15) is 0 Å². The molecule has 6 nitrogen and oxygen atoms in total. The molecule has 0 aliphatic heterocycles. The molecule has 0 aliphatic rings. The lowest BCUT2D eigenvalue weighted by atomic mass is 9.97. The molecule has 0 saturated heterocycles.